The van der Waals surface area contributed by atoms with Crippen LogP contribution in [0.15, 0.2) is 24.3 Å². The lowest BCUT2D eigenvalue weighted by atomic mass is 10.1. The highest BCUT2D eigenvalue weighted by molar-refractivity contribution is 5.99. The molecule has 0 saturated heterocycles. The van der Waals surface area contributed by atoms with E-state index in [1.807, 2.05) is 41.8 Å². The Kier molecular flexibility index (Phi) is 4.86. The fourth-order valence-corrected chi connectivity index (χ4v) is 2.96. The maximum Gasteiger partial charge on any atom is 0.307 e. The number of amides is 1. The van der Waals surface area contributed by atoms with Crippen LogP contribution >= 0.6 is 0 Å². The van der Waals surface area contributed by atoms with Crippen molar-refractivity contribution in [3.8, 4) is 0 Å². The zero-order valence-electron chi connectivity index (χ0n) is 13.6. The predicted molar refractivity (Wildman–Crippen MR) is 86.0 cm³/mol. The summed E-state index contributed by atoms with van der Waals surface area (Å²) in [5.41, 5.74) is 2.17. The number of nitrogens with zero attached hydrogens (tertiary/aromatic N) is 2. The van der Waals surface area contributed by atoms with Gasteiger partial charge in [-0.3, -0.25) is 14.5 Å². The molecule has 0 bridgehead atoms. The number of carbonyl (C=O) groups is 2. The van der Waals surface area contributed by atoms with Crippen molar-refractivity contribution in [1.82, 2.24) is 4.90 Å². The third kappa shape index (κ3) is 3.14. The van der Waals surface area contributed by atoms with Crippen LogP contribution in [0.3, 0.4) is 0 Å². The number of carboxylic acids is 1. The van der Waals surface area contributed by atoms with E-state index in [1.54, 1.807) is 14.0 Å². The minimum Gasteiger partial charge on any atom is -0.481 e. The van der Waals surface area contributed by atoms with Gasteiger partial charge in [0.25, 0.3) is 0 Å². The van der Waals surface area contributed by atoms with Gasteiger partial charge >= 0.3 is 5.97 Å². The molecular weight excluding hydrogens is 280 g/mol. The highest BCUT2D eigenvalue weighted by Gasteiger charge is 2.34. The van der Waals surface area contributed by atoms with Gasteiger partial charge in [0.15, 0.2) is 0 Å². The maximum absolute atomic E-state index is 12.8. The van der Waals surface area contributed by atoms with Crippen LogP contribution < -0.4 is 4.90 Å². The summed E-state index contributed by atoms with van der Waals surface area (Å²) in [4.78, 5) is 27.5. The van der Waals surface area contributed by atoms with Crippen molar-refractivity contribution in [2.45, 2.75) is 39.3 Å². The molecule has 1 aromatic carbocycles. The number of hydrogen-bond donors (Lipinski definition) is 1. The van der Waals surface area contributed by atoms with E-state index in [9.17, 15) is 9.59 Å². The molecule has 1 N–H and O–H groups in total. The number of carbonyl (C=O) groups excluding carboxylic acids is 1. The molecule has 0 radical (unpaired) electrons. The Labute approximate surface area is 131 Å². The van der Waals surface area contributed by atoms with Gasteiger partial charge in [-0.05, 0) is 38.9 Å². The first-order valence-corrected chi connectivity index (χ1v) is 7.67. The van der Waals surface area contributed by atoms with Crippen molar-refractivity contribution in [3.05, 3.63) is 29.8 Å². The number of likely N-dealkylation sites (N-methyl/N-ethyl adjacent to an activating group) is 1. The second kappa shape index (κ2) is 6.48. The predicted octanol–water partition coefficient (Wildman–Crippen LogP) is 2.01. The molecule has 0 aromatic heterocycles. The van der Waals surface area contributed by atoms with Gasteiger partial charge in [-0.2, -0.15) is 0 Å². The topological polar surface area (TPSA) is 60.9 Å². The molecule has 1 heterocycles. The second-order valence-electron chi connectivity index (χ2n) is 6.24. The van der Waals surface area contributed by atoms with E-state index < -0.39 is 11.9 Å². The van der Waals surface area contributed by atoms with E-state index in [4.69, 9.17) is 5.11 Å². The third-order valence-corrected chi connectivity index (χ3v) is 4.45. The zero-order chi connectivity index (χ0) is 16.4. The van der Waals surface area contributed by atoms with Crippen LogP contribution in [0.5, 0.6) is 0 Å². The molecule has 120 valence electrons. The van der Waals surface area contributed by atoms with E-state index >= 15 is 0 Å². The van der Waals surface area contributed by atoms with Crippen molar-refractivity contribution in [1.29, 1.82) is 0 Å². The monoisotopic (exact) mass is 304 g/mol. The number of hydrogen-bond acceptors (Lipinski definition) is 3. The van der Waals surface area contributed by atoms with Crippen LogP contribution in [0.2, 0.25) is 0 Å². The fraction of sp³-hybridized carbons (Fsp3) is 0.529. The number of carboxylic acid groups (broad SMARTS) is 1. The molecule has 5 heteroatoms. The van der Waals surface area contributed by atoms with Gasteiger partial charge in [0, 0.05) is 18.3 Å². The van der Waals surface area contributed by atoms with E-state index in [0.29, 0.717) is 6.54 Å². The van der Waals surface area contributed by atoms with Gasteiger partial charge in [-0.25, -0.2) is 0 Å². The number of benzene rings is 1. The summed E-state index contributed by atoms with van der Waals surface area (Å²) < 4.78 is 0. The van der Waals surface area contributed by atoms with Crippen LogP contribution in [0, 0.1) is 5.92 Å². The Morgan fingerprint density at radius 1 is 1.36 bits per heavy atom. The van der Waals surface area contributed by atoms with Crippen LogP contribution in [0.4, 0.5) is 5.69 Å². The standard InChI is InChI=1S/C17H24N2O3/c1-11(17(21)22)10-18(4)13(3)16(20)19-12(2)9-14-7-5-6-8-15(14)19/h5-8,11-13H,9-10H2,1-4H3,(H,21,22). The normalized spacial score (nSPS) is 19.9. The average molecular weight is 304 g/mol. The van der Waals surface area contributed by atoms with Crippen LogP contribution in [0.1, 0.15) is 26.3 Å². The van der Waals surface area contributed by atoms with Crippen LogP contribution in [0.25, 0.3) is 0 Å². The van der Waals surface area contributed by atoms with Crippen molar-refractivity contribution < 1.29 is 14.7 Å². The first-order chi connectivity index (χ1) is 10.3. The lowest BCUT2D eigenvalue weighted by Gasteiger charge is -2.31. The van der Waals surface area contributed by atoms with Crippen molar-refractivity contribution in [2.24, 2.45) is 5.92 Å². The molecule has 0 aliphatic carbocycles. The number of aliphatic carboxylic acids is 1. The molecule has 1 amide bonds. The van der Waals surface area contributed by atoms with E-state index in [2.05, 4.69) is 6.07 Å². The molecule has 0 spiro atoms. The van der Waals surface area contributed by atoms with Gasteiger partial charge in [-0.15, -0.1) is 0 Å². The number of anilines is 1. The lowest BCUT2D eigenvalue weighted by molar-refractivity contribution is -0.142. The summed E-state index contributed by atoms with van der Waals surface area (Å²) in [6.45, 7) is 5.89. The second-order valence-corrected chi connectivity index (χ2v) is 6.24. The summed E-state index contributed by atoms with van der Waals surface area (Å²) in [7, 11) is 1.80. The molecule has 1 aliphatic heterocycles. The summed E-state index contributed by atoms with van der Waals surface area (Å²) in [6, 6.07) is 7.75. The molecule has 22 heavy (non-hydrogen) atoms. The SMILES string of the molecule is CC(CN(C)C(C)C(=O)N1c2ccccc2CC1C)C(=O)O. The molecule has 2 rings (SSSR count). The van der Waals surface area contributed by atoms with Gasteiger partial charge in [-0.1, -0.05) is 25.1 Å². The smallest absolute Gasteiger partial charge is 0.307 e. The van der Waals surface area contributed by atoms with E-state index in [-0.39, 0.29) is 18.0 Å². The summed E-state index contributed by atoms with van der Waals surface area (Å²) >= 11 is 0. The van der Waals surface area contributed by atoms with Crippen LogP contribution in [-0.4, -0.2) is 47.6 Å². The molecule has 3 unspecified atom stereocenters. The highest BCUT2D eigenvalue weighted by atomic mass is 16.4. The third-order valence-electron chi connectivity index (χ3n) is 4.45. The fourth-order valence-electron chi connectivity index (χ4n) is 2.96. The molecule has 5 nitrogen and oxygen atoms in total. The molecule has 0 saturated carbocycles. The molecule has 1 aromatic rings. The van der Waals surface area contributed by atoms with E-state index in [1.165, 1.54) is 5.56 Å². The first-order valence-electron chi connectivity index (χ1n) is 7.67. The lowest BCUT2D eigenvalue weighted by Crippen LogP contribution is -2.49. The molecule has 0 fully saturated rings. The minimum absolute atomic E-state index is 0.0255. The number of rotatable bonds is 5. The van der Waals surface area contributed by atoms with Gasteiger partial charge in [0.1, 0.15) is 0 Å². The molecule has 1 aliphatic rings. The Morgan fingerprint density at radius 3 is 2.64 bits per heavy atom. The minimum atomic E-state index is -0.841. The highest BCUT2D eigenvalue weighted by Crippen LogP contribution is 2.32. The Bertz CT molecular complexity index is 573. The molecular formula is C17H24N2O3. The van der Waals surface area contributed by atoms with Crippen LogP contribution in [-0.2, 0) is 16.0 Å². The summed E-state index contributed by atoms with van der Waals surface area (Å²) in [6.07, 6.45) is 0.865. The zero-order valence-corrected chi connectivity index (χ0v) is 13.6. The Morgan fingerprint density at radius 2 is 2.00 bits per heavy atom. The van der Waals surface area contributed by atoms with Gasteiger partial charge < -0.3 is 10.0 Å². The quantitative estimate of drug-likeness (QED) is 0.904. The van der Waals surface area contributed by atoms with Gasteiger partial charge in [0.05, 0.1) is 12.0 Å². The number of fused-ring (bicyclic) bond motifs is 1. The Balaban J connectivity index is 2.12. The van der Waals surface area contributed by atoms with Gasteiger partial charge in [0.2, 0.25) is 5.91 Å². The first kappa shape index (κ1) is 16.5. The average Bonchev–Trinajstić information content (AvgIpc) is 2.81. The molecule has 3 atom stereocenters. The van der Waals surface area contributed by atoms with Crippen molar-refractivity contribution >= 4 is 17.6 Å². The Hall–Kier alpha value is -1.88. The summed E-state index contributed by atoms with van der Waals surface area (Å²) in [5, 5.41) is 9.01. The van der Waals surface area contributed by atoms with Crippen molar-refractivity contribution in [3.63, 3.8) is 0 Å². The maximum atomic E-state index is 12.8. The summed E-state index contributed by atoms with van der Waals surface area (Å²) in [5.74, 6) is -1.31. The number of para-hydroxylation sites is 1. The van der Waals surface area contributed by atoms with E-state index in [0.717, 1.165) is 12.1 Å². The largest absolute Gasteiger partial charge is 0.481 e. The van der Waals surface area contributed by atoms with Crippen molar-refractivity contribution in [2.75, 3.05) is 18.5 Å².